The maximum Gasteiger partial charge on any atom is 0.364 e. The molecule has 78 heavy (non-hydrogen) atoms. The van der Waals surface area contributed by atoms with Gasteiger partial charge in [-0.2, -0.15) is 8.42 Å². The fraction of sp³-hybridized carbons (Fsp3) is 0.500. The normalized spacial score (nSPS) is 14.3. The molecule has 0 fully saturated rings. The summed E-state index contributed by atoms with van der Waals surface area (Å²) in [5, 5.41) is 23.8. The summed E-state index contributed by atoms with van der Waals surface area (Å²) >= 11 is 0. The van der Waals surface area contributed by atoms with Gasteiger partial charge >= 0.3 is 22.7 Å². The van der Waals surface area contributed by atoms with Crippen LogP contribution in [0, 0.1) is 17.3 Å². The zero-order valence-electron chi connectivity index (χ0n) is 47.9. The summed E-state index contributed by atoms with van der Waals surface area (Å²) in [6, 6.07) is 30.2. The molecule has 3 atom stereocenters. The smallest absolute Gasteiger partial charge is 0.364 e. The highest BCUT2D eigenvalue weighted by Crippen LogP contribution is 2.44. The third-order valence-electron chi connectivity index (χ3n) is 16.2. The van der Waals surface area contributed by atoms with E-state index < -0.39 is 32.7 Å². The maximum absolute atomic E-state index is 12.3. The molecule has 4 aromatic carbocycles. The summed E-state index contributed by atoms with van der Waals surface area (Å²) in [7, 11) is -1.77. The van der Waals surface area contributed by atoms with Crippen LogP contribution < -0.4 is 29.5 Å². The first-order valence-electron chi connectivity index (χ1n) is 28.5. The average molecular weight is 1090 g/mol. The number of aryl methyl sites for hydroxylation is 4. The third kappa shape index (κ3) is 14.3. The van der Waals surface area contributed by atoms with Gasteiger partial charge in [0.2, 0.25) is 0 Å². The van der Waals surface area contributed by atoms with Crippen LogP contribution in [0.5, 0.6) is 11.5 Å². The molecule has 14 heteroatoms. The van der Waals surface area contributed by atoms with Crippen LogP contribution in [-0.2, 0) is 45.4 Å². The van der Waals surface area contributed by atoms with Crippen LogP contribution >= 0.6 is 0 Å². The third-order valence-corrected chi connectivity index (χ3v) is 17.4. The number of hydrogen-bond acceptors (Lipinski definition) is 10. The first-order valence-corrected chi connectivity index (χ1v) is 30.0. The van der Waals surface area contributed by atoms with E-state index in [1.54, 1.807) is 14.2 Å². The lowest BCUT2D eigenvalue weighted by atomic mass is 9.68. The molecule has 0 saturated heterocycles. The summed E-state index contributed by atoms with van der Waals surface area (Å²) < 4.78 is 57.0. The molecule has 1 N–H and O–H groups in total. The molecule has 0 spiro atoms. The zero-order valence-corrected chi connectivity index (χ0v) is 48.7. The van der Waals surface area contributed by atoms with Gasteiger partial charge in [0.15, 0.2) is 0 Å². The Balaban J connectivity index is 0.000000189. The van der Waals surface area contributed by atoms with Gasteiger partial charge in [-0.25, -0.2) is 8.83 Å². The lowest BCUT2D eigenvalue weighted by Gasteiger charge is -2.44. The number of unbranched alkanes of at least 4 members (excludes halogenated alkanes) is 2. The first-order chi connectivity index (χ1) is 37.5. The van der Waals surface area contributed by atoms with Crippen LogP contribution in [0.3, 0.4) is 0 Å². The second-order valence-electron chi connectivity index (χ2n) is 20.9. The number of aliphatic carboxylic acids is 2. The standard InChI is InChI=1S/2C22H24NO2.C20H38O7S/c2*1-4-23(5-2)18-9-8-16-12-17-7-6-15-13-19(24-3)10-11-20(15)22(17)25-21(16)14-18;1-5-9-11-15(7-3)13-20(19(23)24,14-16(8-4)12-10-6-2)17(18(21)22)28(25,26)27/h2*8-14H,4-7H2,1-3H3;15-17H,5-14H2,1-4H3,(H,21,22)(H,23,24)(H,25,26,27)/q2*+1;/p-2. The first kappa shape index (κ1) is 61.0. The summed E-state index contributed by atoms with van der Waals surface area (Å²) in [5.41, 5.74) is 9.67. The summed E-state index contributed by atoms with van der Waals surface area (Å²) in [4.78, 5) is 28.7. The lowest BCUT2D eigenvalue weighted by Crippen LogP contribution is -2.60. The van der Waals surface area contributed by atoms with Crippen molar-refractivity contribution in [2.24, 2.45) is 17.3 Å². The van der Waals surface area contributed by atoms with E-state index in [-0.39, 0.29) is 24.7 Å². The van der Waals surface area contributed by atoms with Crippen molar-refractivity contribution in [1.29, 1.82) is 0 Å². The van der Waals surface area contributed by atoms with Crippen molar-refractivity contribution < 1.29 is 51.1 Å². The van der Waals surface area contributed by atoms with Gasteiger partial charge in [0.1, 0.15) is 16.7 Å². The number of carboxylic acid groups (broad SMARTS) is 2. The predicted octanol–water partition coefficient (Wildman–Crippen LogP) is 12.6. The van der Waals surface area contributed by atoms with Crippen LogP contribution in [-0.4, -0.2) is 70.6 Å². The molecule has 0 bridgehead atoms. The summed E-state index contributed by atoms with van der Waals surface area (Å²) in [6.45, 7) is 20.4. The molecular formula is C64H84N2O11S. The average Bonchev–Trinajstić information content (AvgIpc) is 3.51. The molecule has 0 radical (unpaired) electrons. The van der Waals surface area contributed by atoms with Crippen molar-refractivity contribution in [3.8, 4) is 34.1 Å². The minimum Gasteiger partial charge on any atom is -0.549 e. The molecule has 0 saturated carbocycles. The van der Waals surface area contributed by atoms with E-state index >= 15 is 0 Å². The highest BCUT2D eigenvalue weighted by atomic mass is 32.2. The van der Waals surface area contributed by atoms with E-state index in [0.717, 1.165) is 112 Å². The van der Waals surface area contributed by atoms with Gasteiger partial charge in [-0.1, -0.05) is 79.1 Å². The van der Waals surface area contributed by atoms with Crippen molar-refractivity contribution in [2.75, 3.05) is 50.2 Å². The van der Waals surface area contributed by atoms with Crippen molar-refractivity contribution in [3.63, 3.8) is 0 Å². The quantitative estimate of drug-likeness (QED) is 0.0447. The van der Waals surface area contributed by atoms with Crippen LogP contribution in [0.15, 0.2) is 93.8 Å². The van der Waals surface area contributed by atoms with Crippen LogP contribution in [0.2, 0.25) is 0 Å². The molecule has 2 aliphatic carbocycles. The highest BCUT2D eigenvalue weighted by molar-refractivity contribution is 7.87. The van der Waals surface area contributed by atoms with Crippen molar-refractivity contribution in [1.82, 2.24) is 0 Å². The van der Waals surface area contributed by atoms with E-state index in [1.807, 2.05) is 39.8 Å². The Kier molecular flexibility index (Phi) is 21.9. The number of carbonyl (C=O) groups excluding carboxylic acids is 2. The van der Waals surface area contributed by atoms with Gasteiger partial charge in [-0.3, -0.25) is 4.55 Å². The van der Waals surface area contributed by atoms with Crippen molar-refractivity contribution in [3.05, 3.63) is 107 Å². The van der Waals surface area contributed by atoms with E-state index in [2.05, 4.69) is 110 Å². The van der Waals surface area contributed by atoms with Crippen molar-refractivity contribution in [2.45, 2.75) is 151 Å². The number of methoxy groups -OCH3 is 2. The Morgan fingerprint density at radius 1 is 0.590 bits per heavy atom. The van der Waals surface area contributed by atoms with Gasteiger partial charge in [0.05, 0.1) is 65.3 Å². The SMILES string of the molecule is CCCCC(CC)CC(CC(CC)CCCC)(C(=O)[O-])C(C(=O)[O-])S(=O)(=O)O.CCN(CC)c1ccc2cc3c([o+]c2c1)-c1ccc(OC)cc1CC3.CCN(CC)c1ccc2cc3c([o+]c2c1)-c1ccc(OC)cc1CC3. The molecule has 2 aromatic heterocycles. The molecule has 3 unspecified atom stereocenters. The van der Waals surface area contributed by atoms with Crippen LogP contribution in [0.4, 0.5) is 11.4 Å². The molecule has 422 valence electrons. The fourth-order valence-corrected chi connectivity index (χ4v) is 12.7. The Bertz CT molecular complexity index is 2920. The number of benzene rings is 4. The van der Waals surface area contributed by atoms with Crippen molar-refractivity contribution >= 4 is 55.4 Å². The minimum atomic E-state index is -5.20. The van der Waals surface area contributed by atoms with Gasteiger partial charge in [-0.15, -0.1) is 0 Å². The Hall–Kier alpha value is -6.25. The van der Waals surface area contributed by atoms with E-state index in [0.29, 0.717) is 25.7 Å². The Morgan fingerprint density at radius 3 is 1.31 bits per heavy atom. The maximum atomic E-state index is 12.3. The number of fused-ring (bicyclic) bond motifs is 8. The number of anilines is 2. The van der Waals surface area contributed by atoms with Gasteiger partial charge in [-0.05, 0) is 162 Å². The topological polar surface area (TPSA) is 182 Å². The number of carboxylic acids is 2. The van der Waals surface area contributed by atoms with Gasteiger partial charge in [0.25, 0.3) is 10.1 Å². The number of carbonyl (C=O) groups is 2. The van der Waals surface area contributed by atoms with Crippen LogP contribution in [0.1, 0.15) is 142 Å². The molecule has 2 aliphatic rings. The molecule has 2 heterocycles. The lowest BCUT2D eigenvalue weighted by molar-refractivity contribution is -0.329. The van der Waals surface area contributed by atoms with E-state index in [4.69, 9.17) is 18.3 Å². The monoisotopic (exact) mass is 1090 g/mol. The highest BCUT2D eigenvalue weighted by Gasteiger charge is 2.50. The summed E-state index contributed by atoms with van der Waals surface area (Å²) in [6.07, 6.45) is 9.56. The minimum absolute atomic E-state index is 0.174. The number of rotatable bonds is 24. The Morgan fingerprint density at radius 2 is 0.987 bits per heavy atom. The number of hydrogen-bond donors (Lipinski definition) is 1. The largest absolute Gasteiger partial charge is 0.549 e. The van der Waals surface area contributed by atoms with E-state index in [9.17, 15) is 32.8 Å². The summed E-state index contributed by atoms with van der Waals surface area (Å²) in [5.74, 6) is -0.387. The van der Waals surface area contributed by atoms with Crippen LogP contribution in [0.25, 0.3) is 44.6 Å². The Labute approximate surface area is 463 Å². The molecular weight excluding hydrogens is 1000 g/mol. The number of nitrogens with zero attached hydrogens (tertiary/aromatic N) is 2. The number of ether oxygens (including phenoxy) is 2. The molecule has 0 amide bonds. The molecule has 6 aromatic rings. The molecule has 0 aliphatic heterocycles. The van der Waals surface area contributed by atoms with E-state index in [1.165, 1.54) is 55.5 Å². The fourth-order valence-electron chi connectivity index (χ4n) is 11.6. The van der Waals surface area contributed by atoms with Gasteiger partial charge in [0, 0.05) is 48.9 Å². The zero-order chi connectivity index (χ0) is 56.7. The predicted molar refractivity (Wildman–Crippen MR) is 311 cm³/mol. The second-order valence-corrected chi connectivity index (χ2v) is 22.4. The van der Waals surface area contributed by atoms with Gasteiger partial charge < -0.3 is 39.1 Å². The second kappa shape index (κ2) is 28.1. The molecule has 13 nitrogen and oxygen atoms in total. The molecule has 8 rings (SSSR count).